The lowest BCUT2D eigenvalue weighted by molar-refractivity contribution is -0.131. The number of esters is 2. The van der Waals surface area contributed by atoms with E-state index in [0.29, 0.717) is 5.39 Å². The molecule has 0 bridgehead atoms. The Morgan fingerprint density at radius 2 is 2.00 bits per heavy atom. The fraction of sp³-hybridized carbons (Fsp3) is 0.214. The maximum absolute atomic E-state index is 11.8. The van der Waals surface area contributed by atoms with Gasteiger partial charge in [-0.15, -0.1) is 0 Å². The smallest absolute Gasteiger partial charge is 0.339 e. The zero-order valence-corrected chi connectivity index (χ0v) is 11.0. The van der Waals surface area contributed by atoms with Gasteiger partial charge >= 0.3 is 17.6 Å². The first-order valence-corrected chi connectivity index (χ1v) is 5.94. The molecular formula is C14H12O6. The zero-order valence-electron chi connectivity index (χ0n) is 11.0. The number of rotatable bonds is 3. The van der Waals surface area contributed by atoms with Crippen molar-refractivity contribution in [3.8, 4) is 5.75 Å². The van der Waals surface area contributed by atoms with Crippen LogP contribution in [0.3, 0.4) is 0 Å². The van der Waals surface area contributed by atoms with Crippen molar-refractivity contribution < 1.29 is 23.5 Å². The van der Waals surface area contributed by atoms with Crippen LogP contribution in [0.15, 0.2) is 33.5 Å². The predicted molar refractivity (Wildman–Crippen MR) is 69.7 cm³/mol. The summed E-state index contributed by atoms with van der Waals surface area (Å²) in [6.07, 6.45) is 0. The normalized spacial score (nSPS) is 10.3. The van der Waals surface area contributed by atoms with E-state index in [-0.39, 0.29) is 23.5 Å². The first-order chi connectivity index (χ1) is 9.51. The van der Waals surface area contributed by atoms with Gasteiger partial charge < -0.3 is 13.9 Å². The largest absolute Gasteiger partial charge is 0.462 e. The summed E-state index contributed by atoms with van der Waals surface area (Å²) < 4.78 is 14.8. The lowest BCUT2D eigenvalue weighted by Gasteiger charge is -2.06. The van der Waals surface area contributed by atoms with Gasteiger partial charge in [0, 0.05) is 24.4 Å². The van der Waals surface area contributed by atoms with E-state index < -0.39 is 17.6 Å². The van der Waals surface area contributed by atoms with Gasteiger partial charge in [-0.25, -0.2) is 9.59 Å². The summed E-state index contributed by atoms with van der Waals surface area (Å²) in [7, 11) is 0. The molecule has 0 spiro atoms. The van der Waals surface area contributed by atoms with Crippen LogP contribution in [0.4, 0.5) is 0 Å². The highest BCUT2D eigenvalue weighted by molar-refractivity contribution is 6.02. The van der Waals surface area contributed by atoms with Crippen LogP contribution < -0.4 is 10.4 Å². The standard InChI is InChI=1S/C14H12O6/c1-3-18-14(17)11-7-13(16)20-12-6-9(19-8(2)15)4-5-10(11)12/h4-7H,3H2,1-2H3. The maximum Gasteiger partial charge on any atom is 0.339 e. The van der Waals surface area contributed by atoms with Crippen LogP contribution in [0, 0.1) is 0 Å². The summed E-state index contributed by atoms with van der Waals surface area (Å²) in [6.45, 7) is 3.13. The number of carbonyl (C=O) groups is 2. The summed E-state index contributed by atoms with van der Waals surface area (Å²) in [6, 6.07) is 5.49. The van der Waals surface area contributed by atoms with Gasteiger partial charge in [-0.05, 0) is 19.1 Å². The molecule has 0 fully saturated rings. The molecule has 0 N–H and O–H groups in total. The number of fused-ring (bicyclic) bond motifs is 1. The summed E-state index contributed by atoms with van der Waals surface area (Å²) in [5.74, 6) is -0.868. The van der Waals surface area contributed by atoms with Crippen molar-refractivity contribution in [2.45, 2.75) is 13.8 Å². The Labute approximate surface area is 113 Å². The van der Waals surface area contributed by atoms with E-state index in [4.69, 9.17) is 13.9 Å². The molecule has 0 unspecified atom stereocenters. The number of ether oxygens (including phenoxy) is 2. The first-order valence-electron chi connectivity index (χ1n) is 5.94. The molecule has 0 atom stereocenters. The number of benzene rings is 1. The first kappa shape index (κ1) is 13.8. The molecule has 1 aromatic heterocycles. The highest BCUT2D eigenvalue weighted by Crippen LogP contribution is 2.23. The lowest BCUT2D eigenvalue weighted by atomic mass is 10.1. The van der Waals surface area contributed by atoms with Gasteiger partial charge in [-0.3, -0.25) is 4.79 Å². The number of carbonyl (C=O) groups excluding carboxylic acids is 2. The lowest BCUT2D eigenvalue weighted by Crippen LogP contribution is -2.10. The molecule has 0 amide bonds. The fourth-order valence-corrected chi connectivity index (χ4v) is 1.75. The van der Waals surface area contributed by atoms with Crippen molar-refractivity contribution in [1.29, 1.82) is 0 Å². The topological polar surface area (TPSA) is 82.8 Å². The summed E-state index contributed by atoms with van der Waals surface area (Å²) in [4.78, 5) is 34.1. The van der Waals surface area contributed by atoms with Gasteiger partial charge in [0.2, 0.25) is 0 Å². The Kier molecular flexibility index (Phi) is 3.84. The van der Waals surface area contributed by atoms with Crippen molar-refractivity contribution >= 4 is 22.9 Å². The minimum atomic E-state index is -0.680. The zero-order chi connectivity index (χ0) is 14.7. The van der Waals surface area contributed by atoms with Gasteiger partial charge in [-0.1, -0.05) is 0 Å². The summed E-state index contributed by atoms with van der Waals surface area (Å²) >= 11 is 0. The molecule has 1 heterocycles. The van der Waals surface area contributed by atoms with E-state index in [1.807, 2.05) is 0 Å². The highest BCUT2D eigenvalue weighted by atomic mass is 16.5. The Morgan fingerprint density at radius 1 is 1.25 bits per heavy atom. The number of hydrogen-bond acceptors (Lipinski definition) is 6. The van der Waals surface area contributed by atoms with E-state index in [9.17, 15) is 14.4 Å². The van der Waals surface area contributed by atoms with Crippen LogP contribution in [0.1, 0.15) is 24.2 Å². The second-order valence-corrected chi connectivity index (χ2v) is 3.95. The van der Waals surface area contributed by atoms with Gasteiger partial charge in [0.05, 0.1) is 12.2 Å². The second-order valence-electron chi connectivity index (χ2n) is 3.95. The predicted octanol–water partition coefficient (Wildman–Crippen LogP) is 1.89. The van der Waals surface area contributed by atoms with Gasteiger partial charge in [0.1, 0.15) is 11.3 Å². The molecular weight excluding hydrogens is 264 g/mol. The summed E-state index contributed by atoms with van der Waals surface area (Å²) in [5, 5.41) is 0.416. The average Bonchev–Trinajstić information content (AvgIpc) is 2.36. The molecule has 6 heteroatoms. The van der Waals surface area contributed by atoms with Gasteiger partial charge in [0.25, 0.3) is 0 Å². The van der Waals surface area contributed by atoms with Crippen LogP contribution in [0.5, 0.6) is 5.75 Å². The van der Waals surface area contributed by atoms with Gasteiger partial charge in [0.15, 0.2) is 0 Å². The van der Waals surface area contributed by atoms with Crippen molar-refractivity contribution in [3.63, 3.8) is 0 Å². The van der Waals surface area contributed by atoms with Crippen LogP contribution in [-0.4, -0.2) is 18.5 Å². The van der Waals surface area contributed by atoms with Crippen LogP contribution in [-0.2, 0) is 9.53 Å². The second kappa shape index (κ2) is 5.56. The minimum absolute atomic E-state index is 0.118. The molecule has 0 aliphatic rings. The van der Waals surface area contributed by atoms with E-state index in [1.54, 1.807) is 6.92 Å². The molecule has 20 heavy (non-hydrogen) atoms. The third kappa shape index (κ3) is 2.85. The quantitative estimate of drug-likeness (QED) is 0.483. The molecule has 2 rings (SSSR count). The number of hydrogen-bond donors (Lipinski definition) is 0. The molecule has 104 valence electrons. The molecule has 1 aromatic carbocycles. The Bertz CT molecular complexity index is 728. The highest BCUT2D eigenvalue weighted by Gasteiger charge is 2.15. The molecule has 0 aliphatic heterocycles. The Balaban J connectivity index is 2.58. The van der Waals surface area contributed by atoms with Crippen LogP contribution in [0.25, 0.3) is 11.0 Å². The third-order valence-electron chi connectivity index (χ3n) is 2.47. The molecule has 2 aromatic rings. The van der Waals surface area contributed by atoms with E-state index in [2.05, 4.69) is 0 Å². The fourth-order valence-electron chi connectivity index (χ4n) is 1.75. The monoisotopic (exact) mass is 276 g/mol. The molecule has 0 saturated heterocycles. The molecule has 6 nitrogen and oxygen atoms in total. The van der Waals surface area contributed by atoms with Crippen molar-refractivity contribution in [3.05, 3.63) is 40.2 Å². The van der Waals surface area contributed by atoms with Crippen LogP contribution in [0.2, 0.25) is 0 Å². The molecule has 0 radical (unpaired) electrons. The summed E-state index contributed by atoms with van der Waals surface area (Å²) in [5.41, 5.74) is -0.410. The van der Waals surface area contributed by atoms with E-state index in [0.717, 1.165) is 6.07 Å². The Hall–Kier alpha value is -2.63. The molecule has 0 aliphatic carbocycles. The van der Waals surface area contributed by atoms with Crippen molar-refractivity contribution in [1.82, 2.24) is 0 Å². The van der Waals surface area contributed by atoms with Crippen molar-refractivity contribution in [2.75, 3.05) is 6.61 Å². The van der Waals surface area contributed by atoms with E-state index in [1.165, 1.54) is 25.1 Å². The average molecular weight is 276 g/mol. The third-order valence-corrected chi connectivity index (χ3v) is 2.47. The maximum atomic E-state index is 11.8. The van der Waals surface area contributed by atoms with E-state index >= 15 is 0 Å². The minimum Gasteiger partial charge on any atom is -0.462 e. The SMILES string of the molecule is CCOC(=O)c1cc(=O)oc2cc(OC(C)=O)ccc12. The Morgan fingerprint density at radius 3 is 2.65 bits per heavy atom. The van der Waals surface area contributed by atoms with Gasteiger partial charge in [-0.2, -0.15) is 0 Å². The van der Waals surface area contributed by atoms with Crippen LogP contribution >= 0.6 is 0 Å². The molecule has 0 saturated carbocycles. The van der Waals surface area contributed by atoms with Crippen molar-refractivity contribution in [2.24, 2.45) is 0 Å².